The van der Waals surface area contributed by atoms with E-state index in [9.17, 15) is 0 Å². The molecule has 1 atom stereocenters. The van der Waals surface area contributed by atoms with Gasteiger partial charge in [-0.1, -0.05) is 29.8 Å². The van der Waals surface area contributed by atoms with Crippen molar-refractivity contribution in [3.63, 3.8) is 0 Å². The normalized spacial score (nSPS) is 12.2. The van der Waals surface area contributed by atoms with Gasteiger partial charge >= 0.3 is 0 Å². The van der Waals surface area contributed by atoms with Gasteiger partial charge in [-0.25, -0.2) is 4.98 Å². The average Bonchev–Trinajstić information content (AvgIpc) is 2.32. The Morgan fingerprint density at radius 1 is 1.18 bits per heavy atom. The molecular formula is C13H11BrClNO. The van der Waals surface area contributed by atoms with E-state index in [1.54, 1.807) is 6.07 Å². The minimum Gasteiger partial charge on any atom is -0.483 e. The molecule has 2 nitrogen and oxygen atoms in total. The predicted molar refractivity (Wildman–Crippen MR) is 72.4 cm³/mol. The van der Waals surface area contributed by atoms with Crippen LogP contribution in [0, 0.1) is 0 Å². The molecule has 0 aliphatic heterocycles. The number of rotatable bonds is 3. The van der Waals surface area contributed by atoms with Crippen LogP contribution in [0.1, 0.15) is 18.7 Å². The van der Waals surface area contributed by atoms with Gasteiger partial charge in [0.2, 0.25) is 0 Å². The second-order valence-electron chi connectivity index (χ2n) is 3.58. The third-order valence-electron chi connectivity index (χ3n) is 2.29. The summed E-state index contributed by atoms with van der Waals surface area (Å²) in [5.74, 6) is 0.670. The van der Waals surface area contributed by atoms with Crippen LogP contribution in [0.2, 0.25) is 5.02 Å². The molecular weight excluding hydrogens is 302 g/mol. The molecule has 0 radical (unpaired) electrons. The first-order valence-corrected chi connectivity index (χ1v) is 6.37. The molecule has 1 aromatic carbocycles. The monoisotopic (exact) mass is 311 g/mol. The number of hydrogen-bond acceptors (Lipinski definition) is 2. The lowest BCUT2D eigenvalue weighted by Crippen LogP contribution is -2.05. The lowest BCUT2D eigenvalue weighted by atomic mass is 10.2. The smallest absolute Gasteiger partial charge is 0.138 e. The van der Waals surface area contributed by atoms with Crippen molar-refractivity contribution in [2.75, 3.05) is 0 Å². The molecule has 17 heavy (non-hydrogen) atoms. The average molecular weight is 313 g/mol. The maximum absolute atomic E-state index is 6.03. The maximum Gasteiger partial charge on any atom is 0.138 e. The van der Waals surface area contributed by atoms with Crippen molar-refractivity contribution in [2.45, 2.75) is 13.0 Å². The van der Waals surface area contributed by atoms with Crippen molar-refractivity contribution in [3.05, 3.63) is 57.8 Å². The SMILES string of the molecule is CC(Oc1ccccc1Cl)c1cccc(Br)n1. The lowest BCUT2D eigenvalue weighted by Gasteiger charge is -2.15. The van der Waals surface area contributed by atoms with Gasteiger partial charge in [-0.15, -0.1) is 0 Å². The van der Waals surface area contributed by atoms with E-state index in [1.807, 2.05) is 43.3 Å². The molecule has 0 saturated carbocycles. The Bertz CT molecular complexity index is 518. The van der Waals surface area contributed by atoms with Crippen LogP contribution < -0.4 is 4.74 Å². The highest BCUT2D eigenvalue weighted by Gasteiger charge is 2.10. The van der Waals surface area contributed by atoms with Gasteiger partial charge in [-0.2, -0.15) is 0 Å². The standard InChI is InChI=1S/C13H11BrClNO/c1-9(11-6-4-8-13(14)16-11)17-12-7-3-2-5-10(12)15/h2-9H,1H3. The Morgan fingerprint density at radius 2 is 1.94 bits per heavy atom. The summed E-state index contributed by atoms with van der Waals surface area (Å²) in [6.45, 7) is 1.94. The second-order valence-corrected chi connectivity index (χ2v) is 4.80. The summed E-state index contributed by atoms with van der Waals surface area (Å²) in [5.41, 5.74) is 0.860. The van der Waals surface area contributed by atoms with Crippen LogP contribution in [-0.4, -0.2) is 4.98 Å². The first kappa shape index (κ1) is 12.4. The number of aromatic nitrogens is 1. The number of para-hydroxylation sites is 1. The molecule has 0 amide bonds. The lowest BCUT2D eigenvalue weighted by molar-refractivity contribution is 0.222. The zero-order chi connectivity index (χ0) is 12.3. The van der Waals surface area contributed by atoms with Crippen LogP contribution in [0.5, 0.6) is 5.75 Å². The zero-order valence-electron chi connectivity index (χ0n) is 9.23. The quantitative estimate of drug-likeness (QED) is 0.770. The predicted octanol–water partition coefficient (Wildman–Crippen LogP) is 4.64. The minimum absolute atomic E-state index is 0.146. The van der Waals surface area contributed by atoms with E-state index in [0.29, 0.717) is 10.8 Å². The fourth-order valence-corrected chi connectivity index (χ4v) is 1.98. The van der Waals surface area contributed by atoms with Gasteiger partial charge in [0, 0.05) is 0 Å². The Labute approximate surface area is 114 Å². The fraction of sp³-hybridized carbons (Fsp3) is 0.154. The molecule has 0 aliphatic rings. The topological polar surface area (TPSA) is 22.1 Å². The molecule has 2 aromatic rings. The largest absolute Gasteiger partial charge is 0.483 e. The second kappa shape index (κ2) is 5.52. The third-order valence-corrected chi connectivity index (χ3v) is 3.05. The van der Waals surface area contributed by atoms with E-state index in [1.165, 1.54) is 0 Å². The van der Waals surface area contributed by atoms with Gasteiger partial charge in [-0.3, -0.25) is 0 Å². The van der Waals surface area contributed by atoms with Crippen molar-refractivity contribution >= 4 is 27.5 Å². The van der Waals surface area contributed by atoms with Crippen LogP contribution in [0.4, 0.5) is 0 Å². The summed E-state index contributed by atoms with van der Waals surface area (Å²) in [6, 6.07) is 13.1. The summed E-state index contributed by atoms with van der Waals surface area (Å²) in [7, 11) is 0. The molecule has 1 aromatic heterocycles. The maximum atomic E-state index is 6.03. The number of benzene rings is 1. The van der Waals surface area contributed by atoms with Gasteiger partial charge in [0.25, 0.3) is 0 Å². The molecule has 88 valence electrons. The highest BCUT2D eigenvalue weighted by atomic mass is 79.9. The molecule has 1 unspecified atom stereocenters. The van der Waals surface area contributed by atoms with Crippen LogP contribution in [0.25, 0.3) is 0 Å². The Kier molecular flexibility index (Phi) is 4.02. The summed E-state index contributed by atoms with van der Waals surface area (Å²) in [6.07, 6.45) is -0.146. The molecule has 0 N–H and O–H groups in total. The van der Waals surface area contributed by atoms with Crippen molar-refractivity contribution in [2.24, 2.45) is 0 Å². The minimum atomic E-state index is -0.146. The number of hydrogen-bond donors (Lipinski definition) is 0. The van der Waals surface area contributed by atoms with Crippen molar-refractivity contribution < 1.29 is 4.74 Å². The van der Waals surface area contributed by atoms with Crippen molar-refractivity contribution in [3.8, 4) is 5.75 Å². The summed E-state index contributed by atoms with van der Waals surface area (Å²) < 4.78 is 6.57. The molecule has 0 aliphatic carbocycles. The van der Waals surface area contributed by atoms with E-state index in [2.05, 4.69) is 20.9 Å². The highest BCUT2D eigenvalue weighted by Crippen LogP contribution is 2.28. The zero-order valence-corrected chi connectivity index (χ0v) is 11.6. The first-order valence-electron chi connectivity index (χ1n) is 5.20. The summed E-state index contributed by atoms with van der Waals surface area (Å²) in [5, 5.41) is 0.606. The van der Waals surface area contributed by atoms with Crippen molar-refractivity contribution in [1.29, 1.82) is 0 Å². The molecule has 0 saturated heterocycles. The van der Waals surface area contributed by atoms with Gasteiger partial charge in [0.05, 0.1) is 10.7 Å². The first-order chi connectivity index (χ1) is 8.16. The van der Waals surface area contributed by atoms with Gasteiger partial charge < -0.3 is 4.74 Å². The summed E-state index contributed by atoms with van der Waals surface area (Å²) in [4.78, 5) is 4.35. The number of nitrogens with zero attached hydrogens (tertiary/aromatic N) is 1. The summed E-state index contributed by atoms with van der Waals surface area (Å²) >= 11 is 9.37. The molecule has 2 rings (SSSR count). The van der Waals surface area contributed by atoms with E-state index < -0.39 is 0 Å². The van der Waals surface area contributed by atoms with E-state index >= 15 is 0 Å². The van der Waals surface area contributed by atoms with E-state index in [4.69, 9.17) is 16.3 Å². The molecule has 4 heteroatoms. The van der Waals surface area contributed by atoms with Crippen LogP contribution in [0.3, 0.4) is 0 Å². The van der Waals surface area contributed by atoms with Crippen LogP contribution in [-0.2, 0) is 0 Å². The van der Waals surface area contributed by atoms with Crippen LogP contribution >= 0.6 is 27.5 Å². The fourth-order valence-electron chi connectivity index (χ4n) is 1.44. The van der Waals surface area contributed by atoms with Gasteiger partial charge in [-0.05, 0) is 47.1 Å². The molecule has 0 spiro atoms. The highest BCUT2D eigenvalue weighted by molar-refractivity contribution is 9.10. The Balaban J connectivity index is 2.17. The third kappa shape index (κ3) is 3.20. The van der Waals surface area contributed by atoms with E-state index in [-0.39, 0.29) is 6.10 Å². The van der Waals surface area contributed by atoms with Crippen LogP contribution in [0.15, 0.2) is 47.1 Å². The van der Waals surface area contributed by atoms with Gasteiger partial charge in [0.15, 0.2) is 0 Å². The molecule has 0 bridgehead atoms. The number of pyridine rings is 1. The Hall–Kier alpha value is -1.06. The number of halogens is 2. The van der Waals surface area contributed by atoms with E-state index in [0.717, 1.165) is 10.3 Å². The molecule has 0 fully saturated rings. The Morgan fingerprint density at radius 3 is 2.65 bits per heavy atom. The van der Waals surface area contributed by atoms with Gasteiger partial charge in [0.1, 0.15) is 16.5 Å². The number of ether oxygens (including phenoxy) is 1. The van der Waals surface area contributed by atoms with Crippen molar-refractivity contribution in [1.82, 2.24) is 4.98 Å². The molecule has 1 heterocycles.